The van der Waals surface area contributed by atoms with E-state index in [1.165, 1.54) is 14.2 Å². The molecule has 0 aliphatic carbocycles. The Morgan fingerprint density at radius 2 is 1.71 bits per heavy atom. The van der Waals surface area contributed by atoms with Gasteiger partial charge in [0.15, 0.2) is 11.5 Å². The van der Waals surface area contributed by atoms with Gasteiger partial charge in [-0.3, -0.25) is 4.57 Å². The fourth-order valence-corrected chi connectivity index (χ4v) is 4.76. The molecule has 9 heteroatoms. The Hall–Kier alpha value is -1.27. The minimum Gasteiger partial charge on any atom is -0.493 e. The quantitative estimate of drug-likeness (QED) is 0.478. The molecule has 28 heavy (non-hydrogen) atoms. The van der Waals surface area contributed by atoms with Gasteiger partial charge in [-0.15, -0.1) is 0 Å². The highest BCUT2D eigenvalue weighted by Gasteiger charge is 2.24. The lowest BCUT2D eigenvalue weighted by atomic mass is 10.2. The summed E-state index contributed by atoms with van der Waals surface area (Å²) >= 11 is 11.8. The topological polar surface area (TPSA) is 88.0 Å². The molecule has 2 aromatic rings. The average Bonchev–Trinajstić information content (AvgIpc) is 2.63. The van der Waals surface area contributed by atoms with Crippen LogP contribution in [0.4, 0.5) is 0 Å². The molecule has 0 amide bonds. The SMILES string of the molecule is COc1ccc(CP(=O)(O)CC(O)CNCc2ccc(Cl)c(Cl)c2)cc1OC. The normalized spacial score (nSPS) is 14.4. The van der Waals surface area contributed by atoms with Crippen molar-refractivity contribution in [1.82, 2.24) is 5.32 Å². The highest BCUT2D eigenvalue weighted by Crippen LogP contribution is 2.46. The van der Waals surface area contributed by atoms with Crippen LogP contribution in [0.15, 0.2) is 36.4 Å². The van der Waals surface area contributed by atoms with E-state index in [2.05, 4.69) is 5.32 Å². The lowest BCUT2D eigenvalue weighted by molar-refractivity contribution is 0.190. The number of ether oxygens (including phenoxy) is 2. The molecule has 0 aliphatic heterocycles. The van der Waals surface area contributed by atoms with E-state index in [1.54, 1.807) is 30.3 Å². The maximum absolute atomic E-state index is 12.5. The van der Waals surface area contributed by atoms with Crippen LogP contribution in [0.5, 0.6) is 11.5 Å². The van der Waals surface area contributed by atoms with Crippen molar-refractivity contribution in [1.29, 1.82) is 0 Å². The van der Waals surface area contributed by atoms with Crippen molar-refractivity contribution in [2.75, 3.05) is 26.9 Å². The molecular weight excluding hydrogens is 424 g/mol. The van der Waals surface area contributed by atoms with Crippen molar-refractivity contribution in [2.45, 2.75) is 18.8 Å². The second-order valence-electron chi connectivity index (χ2n) is 6.41. The van der Waals surface area contributed by atoms with E-state index in [9.17, 15) is 14.6 Å². The summed E-state index contributed by atoms with van der Waals surface area (Å²) in [5.41, 5.74) is 1.54. The predicted molar refractivity (Wildman–Crippen MR) is 112 cm³/mol. The Morgan fingerprint density at radius 1 is 1.04 bits per heavy atom. The number of hydrogen-bond donors (Lipinski definition) is 3. The third kappa shape index (κ3) is 6.96. The smallest absolute Gasteiger partial charge is 0.207 e. The second-order valence-corrected chi connectivity index (χ2v) is 9.60. The Kier molecular flexibility index (Phi) is 8.62. The van der Waals surface area contributed by atoms with Crippen LogP contribution in [-0.2, 0) is 17.3 Å². The fourth-order valence-electron chi connectivity index (χ4n) is 2.76. The van der Waals surface area contributed by atoms with Crippen molar-refractivity contribution in [3.8, 4) is 11.5 Å². The van der Waals surface area contributed by atoms with Crippen LogP contribution in [0, 0.1) is 0 Å². The number of methoxy groups -OCH3 is 2. The minimum absolute atomic E-state index is 0.0583. The van der Waals surface area contributed by atoms with Gasteiger partial charge in [-0.1, -0.05) is 35.3 Å². The zero-order valence-electron chi connectivity index (χ0n) is 15.7. The number of aliphatic hydroxyl groups is 1. The van der Waals surface area contributed by atoms with Crippen molar-refractivity contribution in [3.05, 3.63) is 57.6 Å². The summed E-state index contributed by atoms with van der Waals surface area (Å²) in [5.74, 6) is 1.04. The van der Waals surface area contributed by atoms with Gasteiger partial charge >= 0.3 is 0 Å². The molecule has 2 unspecified atom stereocenters. The molecule has 0 spiro atoms. The van der Waals surface area contributed by atoms with Crippen LogP contribution >= 0.6 is 30.6 Å². The Labute approximate surface area is 174 Å². The molecule has 0 radical (unpaired) electrons. The first-order valence-corrected chi connectivity index (χ1v) is 11.4. The number of aliphatic hydroxyl groups excluding tert-OH is 1. The maximum Gasteiger partial charge on any atom is 0.207 e. The summed E-state index contributed by atoms with van der Waals surface area (Å²) in [4.78, 5) is 10.3. The van der Waals surface area contributed by atoms with Crippen molar-refractivity contribution in [2.24, 2.45) is 0 Å². The summed E-state index contributed by atoms with van der Waals surface area (Å²) < 4.78 is 22.9. The maximum atomic E-state index is 12.5. The molecular formula is C19H24Cl2NO5P. The number of halogens is 2. The Balaban J connectivity index is 1.87. The molecule has 0 aliphatic rings. The van der Waals surface area contributed by atoms with Gasteiger partial charge < -0.3 is 24.8 Å². The van der Waals surface area contributed by atoms with E-state index < -0.39 is 13.5 Å². The predicted octanol–water partition coefficient (Wildman–Crippen LogP) is 3.93. The molecule has 0 heterocycles. The molecule has 0 saturated carbocycles. The van der Waals surface area contributed by atoms with Gasteiger partial charge in [0.25, 0.3) is 0 Å². The molecule has 2 aromatic carbocycles. The first-order chi connectivity index (χ1) is 13.2. The molecule has 2 rings (SSSR count). The summed E-state index contributed by atoms with van der Waals surface area (Å²) in [6.07, 6.45) is -1.23. The molecule has 0 saturated heterocycles. The van der Waals surface area contributed by atoms with E-state index in [0.717, 1.165) is 5.56 Å². The highest BCUT2D eigenvalue weighted by molar-refractivity contribution is 7.57. The summed E-state index contributed by atoms with van der Waals surface area (Å²) in [7, 11) is -0.549. The first-order valence-electron chi connectivity index (χ1n) is 8.58. The number of hydrogen-bond acceptors (Lipinski definition) is 5. The van der Waals surface area contributed by atoms with E-state index in [4.69, 9.17) is 32.7 Å². The number of benzene rings is 2. The van der Waals surface area contributed by atoms with E-state index in [1.807, 2.05) is 6.07 Å². The van der Waals surface area contributed by atoms with Crippen LogP contribution in [0.1, 0.15) is 11.1 Å². The van der Waals surface area contributed by atoms with Crippen LogP contribution in [0.2, 0.25) is 10.0 Å². The summed E-state index contributed by atoms with van der Waals surface area (Å²) in [6, 6.07) is 10.3. The van der Waals surface area contributed by atoms with Crippen LogP contribution in [-0.4, -0.2) is 43.0 Å². The molecule has 6 nitrogen and oxygen atoms in total. The van der Waals surface area contributed by atoms with E-state index in [0.29, 0.717) is 33.7 Å². The monoisotopic (exact) mass is 447 g/mol. The first kappa shape index (κ1) is 23.0. The lowest BCUT2D eigenvalue weighted by Crippen LogP contribution is -2.29. The lowest BCUT2D eigenvalue weighted by Gasteiger charge is -2.18. The largest absolute Gasteiger partial charge is 0.493 e. The van der Waals surface area contributed by atoms with E-state index in [-0.39, 0.29) is 18.9 Å². The van der Waals surface area contributed by atoms with Gasteiger partial charge in [-0.25, -0.2) is 0 Å². The van der Waals surface area contributed by atoms with E-state index >= 15 is 0 Å². The molecule has 2 atom stereocenters. The van der Waals surface area contributed by atoms with Gasteiger partial charge in [-0.05, 0) is 35.4 Å². The van der Waals surface area contributed by atoms with Gasteiger partial charge in [0.05, 0.1) is 36.5 Å². The van der Waals surface area contributed by atoms with Gasteiger partial charge in [0.1, 0.15) is 0 Å². The third-order valence-corrected chi connectivity index (χ3v) is 6.66. The summed E-state index contributed by atoms with van der Waals surface area (Å²) in [5, 5.41) is 14.1. The van der Waals surface area contributed by atoms with Crippen molar-refractivity contribution >= 4 is 30.6 Å². The van der Waals surface area contributed by atoms with Gasteiger partial charge in [0, 0.05) is 19.3 Å². The van der Waals surface area contributed by atoms with Gasteiger partial charge in [-0.2, -0.15) is 0 Å². The zero-order chi connectivity index (χ0) is 20.7. The van der Waals surface area contributed by atoms with Crippen molar-refractivity contribution in [3.63, 3.8) is 0 Å². The Bertz CT molecular complexity index is 849. The molecule has 0 fully saturated rings. The van der Waals surface area contributed by atoms with Crippen LogP contribution in [0.3, 0.4) is 0 Å². The molecule has 0 aromatic heterocycles. The molecule has 0 bridgehead atoms. The molecule has 3 N–H and O–H groups in total. The van der Waals surface area contributed by atoms with Crippen molar-refractivity contribution < 1.29 is 24.0 Å². The second kappa shape index (κ2) is 10.5. The number of nitrogens with one attached hydrogen (secondary N) is 1. The standard InChI is InChI=1S/C19H24Cl2NO5P/c1-26-18-6-4-14(8-19(18)27-2)11-28(24,25)12-15(23)10-22-9-13-3-5-16(20)17(21)7-13/h3-8,15,22-23H,9-12H2,1-2H3,(H,24,25). The zero-order valence-corrected chi connectivity index (χ0v) is 18.1. The fraction of sp³-hybridized carbons (Fsp3) is 0.368. The van der Waals surface area contributed by atoms with Crippen LogP contribution in [0.25, 0.3) is 0 Å². The third-order valence-electron chi connectivity index (χ3n) is 4.07. The summed E-state index contributed by atoms with van der Waals surface area (Å²) in [6.45, 7) is 0.635. The van der Waals surface area contributed by atoms with Gasteiger partial charge in [0.2, 0.25) is 7.37 Å². The average molecular weight is 448 g/mol. The number of rotatable bonds is 10. The highest BCUT2D eigenvalue weighted by atomic mass is 35.5. The molecule has 154 valence electrons. The minimum atomic E-state index is -3.58. The van der Waals surface area contributed by atoms with Crippen LogP contribution < -0.4 is 14.8 Å². The Morgan fingerprint density at radius 3 is 2.36 bits per heavy atom.